The van der Waals surface area contributed by atoms with E-state index in [-0.39, 0.29) is 0 Å². The van der Waals surface area contributed by atoms with Crippen molar-refractivity contribution in [1.29, 1.82) is 0 Å². The van der Waals surface area contributed by atoms with Gasteiger partial charge in [0.1, 0.15) is 0 Å². The smallest absolute Gasteiger partial charge is 0.0254 e. The zero-order chi connectivity index (χ0) is 13.2. The highest BCUT2D eigenvalue weighted by molar-refractivity contribution is 4.92. The van der Waals surface area contributed by atoms with Crippen LogP contribution in [0.5, 0.6) is 0 Å². The van der Waals surface area contributed by atoms with E-state index in [1.54, 1.807) is 0 Å². The second-order valence-corrected chi connectivity index (χ2v) is 6.81. The van der Waals surface area contributed by atoms with Crippen LogP contribution in [0.4, 0.5) is 0 Å². The minimum atomic E-state index is 0.589. The first-order valence-electron chi connectivity index (χ1n) is 7.66. The van der Waals surface area contributed by atoms with Crippen LogP contribution in [-0.2, 0) is 0 Å². The zero-order valence-corrected chi connectivity index (χ0v) is 12.7. The number of likely N-dealkylation sites (N-methyl/N-ethyl adjacent to an activating group) is 1. The predicted molar refractivity (Wildman–Crippen MR) is 77.9 cm³/mol. The lowest BCUT2D eigenvalue weighted by Gasteiger charge is -2.40. The fraction of sp³-hybridized carbons (Fsp3) is 1.00. The summed E-state index contributed by atoms with van der Waals surface area (Å²) in [7, 11) is 4.45. The van der Waals surface area contributed by atoms with Crippen LogP contribution in [0.15, 0.2) is 0 Å². The molecule has 2 aliphatic heterocycles. The average Bonchev–Trinajstić information content (AvgIpc) is 2.71. The second-order valence-electron chi connectivity index (χ2n) is 6.81. The van der Waals surface area contributed by atoms with E-state index >= 15 is 0 Å². The largest absolute Gasteiger partial charge is 0.317 e. The quantitative estimate of drug-likeness (QED) is 0.822. The molecule has 0 aliphatic carbocycles. The Morgan fingerprint density at radius 3 is 2.39 bits per heavy atom. The molecule has 0 radical (unpaired) electrons. The van der Waals surface area contributed by atoms with Crippen LogP contribution in [0.1, 0.15) is 33.1 Å². The van der Waals surface area contributed by atoms with E-state index in [9.17, 15) is 0 Å². The third-order valence-corrected chi connectivity index (χ3v) is 5.28. The van der Waals surface area contributed by atoms with Gasteiger partial charge in [-0.05, 0) is 57.8 Å². The van der Waals surface area contributed by atoms with E-state index in [4.69, 9.17) is 0 Å². The number of hydrogen-bond acceptors (Lipinski definition) is 3. The lowest BCUT2D eigenvalue weighted by atomic mass is 9.76. The van der Waals surface area contributed by atoms with Gasteiger partial charge in [0, 0.05) is 25.7 Å². The van der Waals surface area contributed by atoms with Crippen LogP contribution in [0.3, 0.4) is 0 Å². The zero-order valence-electron chi connectivity index (χ0n) is 12.7. The van der Waals surface area contributed by atoms with E-state index in [2.05, 4.69) is 43.1 Å². The van der Waals surface area contributed by atoms with Crippen LogP contribution in [-0.4, -0.2) is 62.7 Å². The fourth-order valence-corrected chi connectivity index (χ4v) is 3.90. The Bertz CT molecular complexity index is 258. The van der Waals surface area contributed by atoms with Crippen molar-refractivity contribution in [1.82, 2.24) is 15.1 Å². The van der Waals surface area contributed by atoms with Crippen molar-refractivity contribution < 1.29 is 0 Å². The number of piperidine rings is 1. The molecule has 0 aromatic rings. The van der Waals surface area contributed by atoms with Crippen LogP contribution in [0, 0.1) is 11.3 Å². The molecule has 2 fully saturated rings. The molecule has 0 aromatic carbocycles. The van der Waals surface area contributed by atoms with Crippen molar-refractivity contribution in [3.8, 4) is 0 Å². The molecule has 2 heterocycles. The van der Waals surface area contributed by atoms with Gasteiger partial charge in [-0.25, -0.2) is 0 Å². The molecule has 3 nitrogen and oxygen atoms in total. The van der Waals surface area contributed by atoms with Crippen molar-refractivity contribution in [2.45, 2.75) is 39.2 Å². The molecular weight excluding hydrogens is 222 g/mol. The highest BCUT2D eigenvalue weighted by Gasteiger charge is 2.37. The Morgan fingerprint density at radius 2 is 1.89 bits per heavy atom. The Labute approximate surface area is 113 Å². The number of nitrogens with zero attached hydrogens (tertiary/aromatic N) is 2. The normalized spacial score (nSPS) is 33.2. The number of likely N-dealkylation sites (tertiary alicyclic amines) is 1. The highest BCUT2D eigenvalue weighted by Crippen LogP contribution is 2.35. The van der Waals surface area contributed by atoms with Gasteiger partial charge in [0.2, 0.25) is 0 Å². The minimum absolute atomic E-state index is 0.589. The fourth-order valence-electron chi connectivity index (χ4n) is 3.90. The summed E-state index contributed by atoms with van der Waals surface area (Å²) in [6, 6.07) is 0.751. The van der Waals surface area contributed by atoms with Crippen LogP contribution in [0.25, 0.3) is 0 Å². The average molecular weight is 253 g/mol. The first-order valence-corrected chi connectivity index (χ1v) is 7.66. The van der Waals surface area contributed by atoms with Crippen molar-refractivity contribution in [2.24, 2.45) is 11.3 Å². The second kappa shape index (κ2) is 5.89. The van der Waals surface area contributed by atoms with Gasteiger partial charge in [-0.3, -0.25) is 0 Å². The summed E-state index contributed by atoms with van der Waals surface area (Å²) in [4.78, 5) is 5.13. The van der Waals surface area contributed by atoms with Gasteiger partial charge in [0.15, 0.2) is 0 Å². The predicted octanol–water partition coefficient (Wildman–Crippen LogP) is 1.65. The minimum Gasteiger partial charge on any atom is -0.317 e. The molecule has 1 N–H and O–H groups in total. The molecule has 2 rings (SSSR count). The SMILES string of the molecule is CCC1(CN2CC(C)C(N(C)C)C2)CCNCC1. The van der Waals surface area contributed by atoms with E-state index in [0.717, 1.165) is 12.0 Å². The molecule has 0 amide bonds. The maximum atomic E-state index is 3.51. The molecule has 2 aliphatic rings. The Balaban J connectivity index is 1.93. The Hall–Kier alpha value is -0.120. The van der Waals surface area contributed by atoms with Gasteiger partial charge >= 0.3 is 0 Å². The van der Waals surface area contributed by atoms with E-state index in [1.165, 1.54) is 52.0 Å². The Morgan fingerprint density at radius 1 is 1.22 bits per heavy atom. The van der Waals surface area contributed by atoms with Gasteiger partial charge in [-0.2, -0.15) is 0 Å². The molecule has 0 aromatic heterocycles. The summed E-state index contributed by atoms with van der Waals surface area (Å²) in [5, 5.41) is 3.51. The third-order valence-electron chi connectivity index (χ3n) is 5.28. The van der Waals surface area contributed by atoms with Gasteiger partial charge < -0.3 is 15.1 Å². The van der Waals surface area contributed by atoms with Gasteiger partial charge in [0.05, 0.1) is 0 Å². The third kappa shape index (κ3) is 3.06. The first-order chi connectivity index (χ1) is 8.56. The van der Waals surface area contributed by atoms with Gasteiger partial charge in [0.25, 0.3) is 0 Å². The number of rotatable bonds is 4. The summed E-state index contributed by atoms with van der Waals surface area (Å²) >= 11 is 0. The summed E-state index contributed by atoms with van der Waals surface area (Å²) in [6.45, 7) is 11.1. The summed E-state index contributed by atoms with van der Waals surface area (Å²) in [5.74, 6) is 0.815. The molecule has 2 saturated heterocycles. The van der Waals surface area contributed by atoms with Crippen molar-refractivity contribution in [3.63, 3.8) is 0 Å². The standard InChI is InChI=1S/C15H31N3/c1-5-15(6-8-16-9-7-15)12-18-10-13(2)14(11-18)17(3)4/h13-14,16H,5-12H2,1-4H3. The van der Waals surface area contributed by atoms with E-state index < -0.39 is 0 Å². The lowest BCUT2D eigenvalue weighted by molar-refractivity contribution is 0.117. The molecule has 18 heavy (non-hydrogen) atoms. The monoisotopic (exact) mass is 253 g/mol. The summed E-state index contributed by atoms with van der Waals surface area (Å²) in [5.41, 5.74) is 0.589. The summed E-state index contributed by atoms with van der Waals surface area (Å²) in [6.07, 6.45) is 4.06. The first kappa shape index (κ1) is 14.3. The van der Waals surface area contributed by atoms with Crippen LogP contribution < -0.4 is 5.32 Å². The number of nitrogens with one attached hydrogen (secondary N) is 1. The lowest BCUT2D eigenvalue weighted by Crippen LogP contribution is -2.44. The van der Waals surface area contributed by atoms with Crippen LogP contribution >= 0.6 is 0 Å². The molecule has 2 unspecified atom stereocenters. The topological polar surface area (TPSA) is 18.5 Å². The molecule has 3 heteroatoms. The van der Waals surface area contributed by atoms with Crippen molar-refractivity contribution in [2.75, 3.05) is 46.8 Å². The molecular formula is C15H31N3. The summed E-state index contributed by atoms with van der Waals surface area (Å²) < 4.78 is 0. The maximum absolute atomic E-state index is 3.51. The van der Waals surface area contributed by atoms with E-state index in [1.807, 2.05) is 0 Å². The molecule has 2 atom stereocenters. The maximum Gasteiger partial charge on any atom is 0.0254 e. The van der Waals surface area contributed by atoms with Gasteiger partial charge in [-0.15, -0.1) is 0 Å². The molecule has 0 spiro atoms. The molecule has 0 saturated carbocycles. The van der Waals surface area contributed by atoms with Crippen molar-refractivity contribution in [3.05, 3.63) is 0 Å². The van der Waals surface area contributed by atoms with Crippen LogP contribution in [0.2, 0.25) is 0 Å². The van der Waals surface area contributed by atoms with E-state index in [0.29, 0.717) is 5.41 Å². The highest BCUT2D eigenvalue weighted by atomic mass is 15.2. The van der Waals surface area contributed by atoms with Crippen molar-refractivity contribution >= 4 is 0 Å². The van der Waals surface area contributed by atoms with Gasteiger partial charge in [-0.1, -0.05) is 13.8 Å². The number of hydrogen-bond donors (Lipinski definition) is 1. The Kier molecular flexibility index (Phi) is 4.68. The molecule has 0 bridgehead atoms. The molecule has 106 valence electrons.